The third-order valence-electron chi connectivity index (χ3n) is 9.46. The van der Waals surface area contributed by atoms with Crippen LogP contribution in [0.5, 0.6) is 11.6 Å². The Balaban J connectivity index is 1.11. The molecule has 4 aromatic rings. The van der Waals surface area contributed by atoms with Gasteiger partial charge >= 0.3 is 0 Å². The Hall–Kier alpha value is -4.54. The van der Waals surface area contributed by atoms with Crippen molar-refractivity contribution in [2.45, 2.75) is 62.2 Å². The number of carbonyl (C=O) groups excluding carboxylic acids is 1. The molecule has 1 saturated carbocycles. The standard InChI is InChI=1S/C36H39FN4O5/c37-27-11-13-28(14-12-27)46-32-31(38)34(43)41(24-39-32)23-35(44)17-19-40(20-18-35)33(42)29-15-16-36(45,21-25-7-3-1-4-8-25)22-30(29)26-9-5-2-6-10-26/h1-14,24,29-30,44-45H,15-23,38H2/t29-,30+,36-/m1/s1. The average molecular weight is 627 g/mol. The SMILES string of the molecule is Nc1c(Oc2ccc(F)cc2)ncn(CC2(O)CCN(C(=O)[C@@H]3CC[C@@](O)(Cc4ccccc4)C[C@H]3c3ccccc3)CC2)c1=O. The molecule has 240 valence electrons. The van der Waals surface area contributed by atoms with Crippen molar-refractivity contribution < 1.29 is 24.1 Å². The highest BCUT2D eigenvalue weighted by atomic mass is 19.1. The minimum atomic E-state index is -1.24. The van der Waals surface area contributed by atoms with Crippen LogP contribution in [-0.4, -0.2) is 54.9 Å². The van der Waals surface area contributed by atoms with Gasteiger partial charge in [0, 0.05) is 25.4 Å². The lowest BCUT2D eigenvalue weighted by Crippen LogP contribution is -2.52. The van der Waals surface area contributed by atoms with E-state index in [-0.39, 0.29) is 54.4 Å². The van der Waals surface area contributed by atoms with E-state index in [4.69, 9.17) is 10.5 Å². The number of anilines is 1. The van der Waals surface area contributed by atoms with Gasteiger partial charge in [-0.2, -0.15) is 0 Å². The molecule has 2 heterocycles. The molecule has 1 saturated heterocycles. The minimum absolute atomic E-state index is 0.0306. The third-order valence-corrected chi connectivity index (χ3v) is 9.46. The van der Waals surface area contributed by atoms with Crippen LogP contribution in [0.1, 0.15) is 49.1 Å². The topological polar surface area (TPSA) is 131 Å². The van der Waals surface area contributed by atoms with Crippen molar-refractivity contribution in [2.75, 3.05) is 18.8 Å². The van der Waals surface area contributed by atoms with Gasteiger partial charge in [0.15, 0.2) is 5.69 Å². The lowest BCUT2D eigenvalue weighted by Gasteiger charge is -2.45. The van der Waals surface area contributed by atoms with Crippen LogP contribution in [0.15, 0.2) is 96.1 Å². The summed E-state index contributed by atoms with van der Waals surface area (Å²) < 4.78 is 20.0. The molecule has 2 fully saturated rings. The van der Waals surface area contributed by atoms with Crippen LogP contribution in [0.4, 0.5) is 10.1 Å². The van der Waals surface area contributed by atoms with E-state index in [9.17, 15) is 24.2 Å². The summed E-state index contributed by atoms with van der Waals surface area (Å²) in [5, 5.41) is 23.1. The van der Waals surface area contributed by atoms with E-state index in [2.05, 4.69) is 4.98 Å². The molecule has 1 aliphatic heterocycles. The summed E-state index contributed by atoms with van der Waals surface area (Å²) in [5.74, 6) is -0.642. The lowest BCUT2D eigenvalue weighted by molar-refractivity contribution is -0.144. The molecule has 0 spiro atoms. The van der Waals surface area contributed by atoms with Crippen LogP contribution in [0.25, 0.3) is 0 Å². The number of nitrogen functional groups attached to an aromatic ring is 1. The van der Waals surface area contributed by atoms with Crippen molar-refractivity contribution in [3.63, 3.8) is 0 Å². The first-order valence-corrected chi connectivity index (χ1v) is 15.7. The maximum atomic E-state index is 14.0. The molecule has 0 bridgehead atoms. The number of aliphatic hydroxyl groups is 2. The number of hydrogen-bond acceptors (Lipinski definition) is 7. The zero-order valence-electron chi connectivity index (χ0n) is 25.6. The van der Waals surface area contributed by atoms with Gasteiger partial charge in [-0.05, 0) is 73.4 Å². The molecule has 0 radical (unpaired) electrons. The highest BCUT2D eigenvalue weighted by molar-refractivity contribution is 5.80. The van der Waals surface area contributed by atoms with Gasteiger partial charge < -0.3 is 25.6 Å². The predicted molar refractivity (Wildman–Crippen MR) is 172 cm³/mol. The highest BCUT2D eigenvalue weighted by Gasteiger charge is 2.45. The fraction of sp³-hybridized carbons (Fsp3) is 0.361. The summed E-state index contributed by atoms with van der Waals surface area (Å²) in [6, 6.07) is 25.2. The summed E-state index contributed by atoms with van der Waals surface area (Å²) in [4.78, 5) is 33.0. The zero-order chi connectivity index (χ0) is 32.3. The summed E-state index contributed by atoms with van der Waals surface area (Å²) in [7, 11) is 0. The Kier molecular flexibility index (Phi) is 8.93. The highest BCUT2D eigenvalue weighted by Crippen LogP contribution is 2.45. The lowest BCUT2D eigenvalue weighted by atomic mass is 9.67. The van der Waals surface area contributed by atoms with E-state index in [0.717, 1.165) is 11.1 Å². The Morgan fingerprint density at radius 3 is 2.26 bits per heavy atom. The van der Waals surface area contributed by atoms with E-state index in [0.29, 0.717) is 38.8 Å². The second-order valence-electron chi connectivity index (χ2n) is 12.8. The van der Waals surface area contributed by atoms with Gasteiger partial charge in [-0.1, -0.05) is 60.7 Å². The van der Waals surface area contributed by atoms with Crippen molar-refractivity contribution in [3.05, 3.63) is 119 Å². The molecule has 1 aliphatic carbocycles. The Morgan fingerprint density at radius 2 is 1.59 bits per heavy atom. The third kappa shape index (κ3) is 6.98. The van der Waals surface area contributed by atoms with Gasteiger partial charge in [0.1, 0.15) is 17.9 Å². The molecule has 4 N–H and O–H groups in total. The minimum Gasteiger partial charge on any atom is -0.437 e. The van der Waals surface area contributed by atoms with Crippen molar-refractivity contribution in [2.24, 2.45) is 5.92 Å². The van der Waals surface area contributed by atoms with Crippen LogP contribution in [0.2, 0.25) is 0 Å². The molecule has 3 aromatic carbocycles. The maximum Gasteiger partial charge on any atom is 0.280 e. The number of amides is 1. The van der Waals surface area contributed by atoms with Gasteiger partial charge in [-0.15, -0.1) is 0 Å². The van der Waals surface area contributed by atoms with Crippen LogP contribution >= 0.6 is 0 Å². The number of ether oxygens (including phenoxy) is 1. The molecular formula is C36H39FN4O5. The van der Waals surface area contributed by atoms with Crippen LogP contribution in [0.3, 0.4) is 0 Å². The van der Waals surface area contributed by atoms with Gasteiger partial charge in [-0.3, -0.25) is 14.2 Å². The number of nitrogens with zero attached hydrogens (tertiary/aromatic N) is 3. The quantitative estimate of drug-likeness (QED) is 0.259. The summed E-state index contributed by atoms with van der Waals surface area (Å²) in [6.45, 7) is 0.639. The van der Waals surface area contributed by atoms with E-state index in [1.165, 1.54) is 35.2 Å². The van der Waals surface area contributed by atoms with Gasteiger partial charge in [0.25, 0.3) is 5.56 Å². The van der Waals surface area contributed by atoms with Gasteiger partial charge in [0.05, 0.1) is 17.7 Å². The molecule has 1 aromatic heterocycles. The van der Waals surface area contributed by atoms with Crippen molar-refractivity contribution in [3.8, 4) is 11.6 Å². The van der Waals surface area contributed by atoms with Crippen LogP contribution < -0.4 is 16.0 Å². The normalized spacial score (nSPS) is 22.7. The number of halogens is 1. The number of benzene rings is 3. The number of hydrogen-bond donors (Lipinski definition) is 3. The van der Waals surface area contributed by atoms with E-state index in [1.807, 2.05) is 65.6 Å². The number of nitrogens with two attached hydrogens (primary N) is 1. The van der Waals surface area contributed by atoms with E-state index < -0.39 is 22.6 Å². The summed E-state index contributed by atoms with van der Waals surface area (Å²) in [6.07, 6.45) is 3.94. The largest absolute Gasteiger partial charge is 0.437 e. The number of rotatable bonds is 8. The Morgan fingerprint density at radius 1 is 0.935 bits per heavy atom. The molecule has 1 amide bonds. The molecule has 3 atom stereocenters. The van der Waals surface area contributed by atoms with Crippen LogP contribution in [0, 0.1) is 11.7 Å². The number of likely N-dealkylation sites (tertiary alicyclic amines) is 1. The Labute approximate surface area is 267 Å². The molecule has 10 heteroatoms. The van der Waals surface area contributed by atoms with E-state index in [1.54, 1.807) is 0 Å². The predicted octanol–water partition coefficient (Wildman–Crippen LogP) is 4.67. The van der Waals surface area contributed by atoms with Gasteiger partial charge in [0.2, 0.25) is 11.8 Å². The fourth-order valence-electron chi connectivity index (χ4n) is 6.91. The molecule has 0 unspecified atom stereocenters. The monoisotopic (exact) mass is 626 g/mol. The van der Waals surface area contributed by atoms with Crippen molar-refractivity contribution >= 4 is 11.6 Å². The smallest absolute Gasteiger partial charge is 0.280 e. The zero-order valence-corrected chi connectivity index (χ0v) is 25.6. The number of carbonyl (C=O) groups is 1. The molecule has 9 nitrogen and oxygen atoms in total. The second-order valence-corrected chi connectivity index (χ2v) is 12.8. The summed E-state index contributed by atoms with van der Waals surface area (Å²) in [5.41, 5.74) is 5.20. The number of piperidine rings is 1. The van der Waals surface area contributed by atoms with Crippen LogP contribution in [-0.2, 0) is 17.8 Å². The Bertz CT molecular complexity index is 1710. The van der Waals surface area contributed by atoms with Crippen molar-refractivity contribution in [1.82, 2.24) is 14.5 Å². The maximum absolute atomic E-state index is 14.0. The van der Waals surface area contributed by atoms with Gasteiger partial charge in [-0.25, -0.2) is 9.37 Å². The molecular weight excluding hydrogens is 587 g/mol. The first-order chi connectivity index (χ1) is 22.1. The second kappa shape index (κ2) is 13.1. The average Bonchev–Trinajstić information content (AvgIpc) is 3.06. The van der Waals surface area contributed by atoms with Crippen molar-refractivity contribution in [1.29, 1.82) is 0 Å². The first-order valence-electron chi connectivity index (χ1n) is 15.7. The first kappa shape index (κ1) is 31.4. The fourth-order valence-corrected chi connectivity index (χ4v) is 6.91. The molecule has 46 heavy (non-hydrogen) atoms. The number of aromatic nitrogens is 2. The molecule has 6 rings (SSSR count). The molecule has 2 aliphatic rings. The van der Waals surface area contributed by atoms with E-state index >= 15 is 0 Å². The summed E-state index contributed by atoms with van der Waals surface area (Å²) >= 11 is 0.